The third-order valence-corrected chi connectivity index (χ3v) is 5.48. The van der Waals surface area contributed by atoms with Gasteiger partial charge in [0.05, 0.1) is 12.1 Å². The SMILES string of the molecule is Cc1noc(Cl)c1CC(=O)N[C@@H]1CCCN(C2CCCCC2)C1. The molecule has 128 valence electrons. The summed E-state index contributed by atoms with van der Waals surface area (Å²) in [7, 11) is 0. The van der Waals surface area contributed by atoms with Gasteiger partial charge in [-0.15, -0.1) is 0 Å². The van der Waals surface area contributed by atoms with Crippen molar-refractivity contribution in [2.24, 2.45) is 0 Å². The molecular formula is C17H26ClN3O2. The maximum Gasteiger partial charge on any atom is 0.229 e. The van der Waals surface area contributed by atoms with Gasteiger partial charge in [0.1, 0.15) is 0 Å². The summed E-state index contributed by atoms with van der Waals surface area (Å²) in [6.45, 7) is 3.96. The van der Waals surface area contributed by atoms with E-state index in [1.807, 2.05) is 6.92 Å². The van der Waals surface area contributed by atoms with E-state index < -0.39 is 0 Å². The molecule has 23 heavy (non-hydrogen) atoms. The maximum atomic E-state index is 12.3. The number of carbonyl (C=O) groups is 1. The molecule has 1 saturated heterocycles. The van der Waals surface area contributed by atoms with E-state index in [4.69, 9.17) is 16.1 Å². The van der Waals surface area contributed by atoms with Crippen LogP contribution in [0.15, 0.2) is 4.52 Å². The van der Waals surface area contributed by atoms with E-state index in [1.165, 1.54) is 38.6 Å². The molecule has 0 bridgehead atoms. The number of amides is 1. The first kappa shape index (κ1) is 16.8. The van der Waals surface area contributed by atoms with Crippen LogP contribution < -0.4 is 5.32 Å². The van der Waals surface area contributed by atoms with Crippen molar-refractivity contribution in [1.82, 2.24) is 15.4 Å². The van der Waals surface area contributed by atoms with Gasteiger partial charge in [0.25, 0.3) is 0 Å². The zero-order valence-corrected chi connectivity index (χ0v) is 14.6. The second kappa shape index (κ2) is 7.67. The third kappa shape index (κ3) is 4.27. The summed E-state index contributed by atoms with van der Waals surface area (Å²) in [5.41, 5.74) is 1.39. The smallest absolute Gasteiger partial charge is 0.229 e. The van der Waals surface area contributed by atoms with E-state index in [2.05, 4.69) is 15.4 Å². The van der Waals surface area contributed by atoms with Gasteiger partial charge in [0, 0.05) is 24.2 Å². The predicted octanol–water partition coefficient (Wildman–Crippen LogP) is 3.09. The second-order valence-electron chi connectivity index (χ2n) is 6.89. The molecule has 2 heterocycles. The summed E-state index contributed by atoms with van der Waals surface area (Å²) in [5, 5.41) is 7.19. The molecular weight excluding hydrogens is 314 g/mol. The molecule has 0 aromatic carbocycles. The minimum atomic E-state index is 0.00805. The van der Waals surface area contributed by atoms with Gasteiger partial charge in [-0.05, 0) is 50.8 Å². The fourth-order valence-corrected chi connectivity index (χ4v) is 4.14. The molecule has 1 aromatic heterocycles. The lowest BCUT2D eigenvalue weighted by Crippen LogP contribution is -2.51. The van der Waals surface area contributed by atoms with Gasteiger partial charge in [-0.3, -0.25) is 9.69 Å². The van der Waals surface area contributed by atoms with Crippen LogP contribution in [0.2, 0.25) is 5.22 Å². The van der Waals surface area contributed by atoms with Crippen molar-refractivity contribution in [2.45, 2.75) is 70.4 Å². The Morgan fingerprint density at radius 2 is 2.09 bits per heavy atom. The molecule has 1 saturated carbocycles. The van der Waals surface area contributed by atoms with E-state index in [-0.39, 0.29) is 23.6 Å². The number of hydrogen-bond acceptors (Lipinski definition) is 4. The van der Waals surface area contributed by atoms with Crippen molar-refractivity contribution in [1.29, 1.82) is 0 Å². The molecule has 1 aliphatic carbocycles. The number of piperidine rings is 1. The highest BCUT2D eigenvalue weighted by Crippen LogP contribution is 2.25. The van der Waals surface area contributed by atoms with Gasteiger partial charge in [0.15, 0.2) is 0 Å². The first-order valence-electron chi connectivity index (χ1n) is 8.77. The van der Waals surface area contributed by atoms with Crippen LogP contribution in [0.1, 0.15) is 56.2 Å². The summed E-state index contributed by atoms with van der Waals surface area (Å²) in [4.78, 5) is 14.9. The Hall–Kier alpha value is -1.07. The Balaban J connectivity index is 1.52. The van der Waals surface area contributed by atoms with Crippen LogP contribution in [0.4, 0.5) is 0 Å². The van der Waals surface area contributed by atoms with E-state index in [9.17, 15) is 4.79 Å². The molecule has 1 aromatic rings. The first-order valence-corrected chi connectivity index (χ1v) is 9.15. The number of aryl methyl sites for hydroxylation is 1. The number of nitrogens with zero attached hydrogens (tertiary/aromatic N) is 2. The minimum absolute atomic E-state index is 0.00805. The summed E-state index contributed by atoms with van der Waals surface area (Å²) in [6.07, 6.45) is 9.18. The van der Waals surface area contributed by atoms with Crippen LogP contribution in [0.5, 0.6) is 0 Å². The predicted molar refractivity (Wildman–Crippen MR) is 89.6 cm³/mol. The van der Waals surface area contributed by atoms with Crippen molar-refractivity contribution in [3.8, 4) is 0 Å². The quantitative estimate of drug-likeness (QED) is 0.915. The van der Waals surface area contributed by atoms with E-state index in [1.54, 1.807) is 0 Å². The summed E-state index contributed by atoms with van der Waals surface area (Å²) < 4.78 is 4.91. The first-order chi connectivity index (χ1) is 11.1. The lowest BCUT2D eigenvalue weighted by Gasteiger charge is -2.40. The Kier molecular flexibility index (Phi) is 5.59. The summed E-state index contributed by atoms with van der Waals surface area (Å²) in [6, 6.07) is 0.968. The minimum Gasteiger partial charge on any atom is -0.352 e. The third-order valence-electron chi connectivity index (χ3n) is 5.18. The van der Waals surface area contributed by atoms with Crippen LogP contribution >= 0.6 is 11.6 Å². The standard InChI is InChI=1S/C17H26ClN3O2/c1-12-15(17(18)23-20-12)10-16(22)19-13-6-5-9-21(11-13)14-7-3-2-4-8-14/h13-14H,2-11H2,1H3,(H,19,22)/t13-/m1/s1. The van der Waals surface area contributed by atoms with Gasteiger partial charge in [0.2, 0.25) is 11.1 Å². The monoisotopic (exact) mass is 339 g/mol. The van der Waals surface area contributed by atoms with Crippen molar-refractivity contribution in [2.75, 3.05) is 13.1 Å². The number of carbonyl (C=O) groups excluding carboxylic acids is 1. The highest BCUT2D eigenvalue weighted by atomic mass is 35.5. The van der Waals surface area contributed by atoms with Crippen LogP contribution in [0, 0.1) is 6.92 Å². The van der Waals surface area contributed by atoms with Crippen LogP contribution in [-0.2, 0) is 11.2 Å². The zero-order chi connectivity index (χ0) is 16.2. The fraction of sp³-hybridized carbons (Fsp3) is 0.765. The largest absolute Gasteiger partial charge is 0.352 e. The topological polar surface area (TPSA) is 58.4 Å². The zero-order valence-electron chi connectivity index (χ0n) is 13.8. The lowest BCUT2D eigenvalue weighted by molar-refractivity contribution is -0.121. The molecule has 3 rings (SSSR count). The molecule has 1 amide bonds. The highest BCUT2D eigenvalue weighted by molar-refractivity contribution is 6.29. The molecule has 6 heteroatoms. The average Bonchev–Trinajstić information content (AvgIpc) is 2.88. The van der Waals surface area contributed by atoms with Gasteiger partial charge in [-0.1, -0.05) is 24.4 Å². The molecule has 0 spiro atoms. The maximum absolute atomic E-state index is 12.3. The molecule has 2 fully saturated rings. The molecule has 1 N–H and O–H groups in total. The fourth-order valence-electron chi connectivity index (χ4n) is 3.90. The molecule has 0 radical (unpaired) electrons. The van der Waals surface area contributed by atoms with E-state index >= 15 is 0 Å². The molecule has 5 nitrogen and oxygen atoms in total. The van der Waals surface area contributed by atoms with Gasteiger partial charge < -0.3 is 9.84 Å². The number of likely N-dealkylation sites (tertiary alicyclic amines) is 1. The number of hydrogen-bond donors (Lipinski definition) is 1. The van der Waals surface area contributed by atoms with Crippen molar-refractivity contribution in [3.63, 3.8) is 0 Å². The number of halogens is 1. The Morgan fingerprint density at radius 1 is 1.30 bits per heavy atom. The van der Waals surface area contributed by atoms with Crippen LogP contribution in [0.3, 0.4) is 0 Å². The van der Waals surface area contributed by atoms with Gasteiger partial charge in [-0.25, -0.2) is 0 Å². The summed E-state index contributed by atoms with van der Waals surface area (Å²) >= 11 is 5.94. The molecule has 1 atom stereocenters. The molecule has 0 unspecified atom stereocenters. The van der Waals surface area contributed by atoms with Gasteiger partial charge in [-0.2, -0.15) is 0 Å². The van der Waals surface area contributed by atoms with Crippen LogP contribution in [-0.4, -0.2) is 41.1 Å². The number of aromatic nitrogens is 1. The average molecular weight is 340 g/mol. The number of rotatable bonds is 4. The second-order valence-corrected chi connectivity index (χ2v) is 7.23. The normalized spacial score (nSPS) is 23.8. The van der Waals surface area contributed by atoms with E-state index in [0.29, 0.717) is 11.3 Å². The van der Waals surface area contributed by atoms with Crippen LogP contribution in [0.25, 0.3) is 0 Å². The molecule has 2 aliphatic rings. The highest BCUT2D eigenvalue weighted by Gasteiger charge is 2.28. The van der Waals surface area contributed by atoms with Gasteiger partial charge >= 0.3 is 0 Å². The Morgan fingerprint density at radius 3 is 2.78 bits per heavy atom. The van der Waals surface area contributed by atoms with Crippen molar-refractivity contribution < 1.29 is 9.32 Å². The van der Waals surface area contributed by atoms with Crippen molar-refractivity contribution in [3.05, 3.63) is 16.5 Å². The Bertz CT molecular complexity index is 520. The van der Waals surface area contributed by atoms with E-state index in [0.717, 1.165) is 25.4 Å². The lowest BCUT2D eigenvalue weighted by atomic mass is 9.92. The Labute approximate surface area is 142 Å². The number of nitrogens with one attached hydrogen (secondary N) is 1. The summed E-state index contributed by atoms with van der Waals surface area (Å²) in [5.74, 6) is 0.00805. The van der Waals surface area contributed by atoms with Crippen molar-refractivity contribution >= 4 is 17.5 Å². The molecule has 1 aliphatic heterocycles.